The Bertz CT molecular complexity index is 442. The number of carboxylic acid groups (broad SMARTS) is 1. The maximum absolute atomic E-state index is 12.2. The van der Waals surface area contributed by atoms with E-state index >= 15 is 0 Å². The summed E-state index contributed by atoms with van der Waals surface area (Å²) in [6, 6.07) is 6.04. The number of rotatable bonds is 6. The monoisotopic (exact) mass is 251 g/mol. The average Bonchev–Trinajstić information content (AvgIpc) is 2.34. The smallest absolute Gasteiger partial charge is 0.305 e. The van der Waals surface area contributed by atoms with Gasteiger partial charge in [-0.05, 0) is 26.2 Å². The number of hydrogen-bond acceptors (Lipinski definition) is 4. The number of hydrogen-bond donors (Lipinski definition) is 1. The van der Waals surface area contributed by atoms with Crippen LogP contribution in [0, 0.1) is 0 Å². The van der Waals surface area contributed by atoms with Gasteiger partial charge in [0, 0.05) is 5.56 Å². The first-order valence-corrected chi connectivity index (χ1v) is 5.52. The number of likely N-dealkylation sites (N-methyl/N-ethyl adjacent to an activating group) is 1. The Morgan fingerprint density at radius 3 is 2.56 bits per heavy atom. The van der Waals surface area contributed by atoms with E-state index < -0.39 is 12.0 Å². The van der Waals surface area contributed by atoms with Crippen LogP contribution in [0.1, 0.15) is 16.8 Å². The van der Waals surface area contributed by atoms with Gasteiger partial charge >= 0.3 is 5.97 Å². The Morgan fingerprint density at radius 1 is 1.39 bits per heavy atom. The molecule has 5 nitrogen and oxygen atoms in total. The van der Waals surface area contributed by atoms with Crippen LogP contribution in [-0.2, 0) is 4.79 Å². The van der Waals surface area contributed by atoms with Crippen molar-refractivity contribution in [2.24, 2.45) is 0 Å². The second-order valence-electron chi connectivity index (χ2n) is 4.17. The number of carbonyl (C=O) groups excluding carboxylic acids is 1. The maximum Gasteiger partial charge on any atom is 0.305 e. The molecule has 1 aromatic rings. The molecule has 1 rings (SSSR count). The Kier molecular flexibility index (Phi) is 4.85. The summed E-state index contributed by atoms with van der Waals surface area (Å²) in [7, 11) is 4.89. The molecule has 1 aromatic carbocycles. The minimum atomic E-state index is -0.995. The van der Waals surface area contributed by atoms with Crippen LogP contribution in [0.15, 0.2) is 24.3 Å². The predicted octanol–water partition coefficient (Wildman–Crippen LogP) is 1.28. The summed E-state index contributed by atoms with van der Waals surface area (Å²) < 4.78 is 5.04. The van der Waals surface area contributed by atoms with E-state index in [1.54, 1.807) is 43.3 Å². The molecule has 1 N–H and O–H groups in total. The molecule has 18 heavy (non-hydrogen) atoms. The zero-order chi connectivity index (χ0) is 13.7. The van der Waals surface area contributed by atoms with Crippen molar-refractivity contribution in [2.45, 2.75) is 12.5 Å². The van der Waals surface area contributed by atoms with Crippen LogP contribution in [0.5, 0.6) is 5.75 Å². The van der Waals surface area contributed by atoms with Crippen molar-refractivity contribution in [3.05, 3.63) is 29.8 Å². The van der Waals surface area contributed by atoms with Gasteiger partial charge in [-0.15, -0.1) is 0 Å². The Labute approximate surface area is 106 Å². The Morgan fingerprint density at radius 2 is 2.06 bits per heavy atom. The number of carboxylic acids is 1. The molecule has 1 unspecified atom stereocenters. The summed E-state index contributed by atoms with van der Waals surface area (Å²) in [6.07, 6.45) is -0.219. The van der Waals surface area contributed by atoms with E-state index in [1.807, 2.05) is 0 Å². The van der Waals surface area contributed by atoms with Gasteiger partial charge in [0.1, 0.15) is 5.75 Å². The minimum absolute atomic E-state index is 0.219. The van der Waals surface area contributed by atoms with Crippen LogP contribution in [0.4, 0.5) is 0 Å². The van der Waals surface area contributed by atoms with Gasteiger partial charge in [0.05, 0.1) is 19.6 Å². The van der Waals surface area contributed by atoms with E-state index in [4.69, 9.17) is 9.84 Å². The quantitative estimate of drug-likeness (QED) is 0.771. The van der Waals surface area contributed by atoms with Crippen molar-refractivity contribution in [3.8, 4) is 5.75 Å². The van der Waals surface area contributed by atoms with Gasteiger partial charge in [-0.1, -0.05) is 12.1 Å². The van der Waals surface area contributed by atoms with Gasteiger partial charge in [0.25, 0.3) is 0 Å². The Balaban J connectivity index is 2.97. The number of nitrogens with zero attached hydrogens (tertiary/aromatic N) is 1. The van der Waals surface area contributed by atoms with Crippen LogP contribution in [0.2, 0.25) is 0 Å². The number of ketones is 1. The third-order valence-electron chi connectivity index (χ3n) is 2.65. The largest absolute Gasteiger partial charge is 0.497 e. The lowest BCUT2D eigenvalue weighted by molar-refractivity contribution is -0.137. The van der Waals surface area contributed by atoms with Crippen LogP contribution >= 0.6 is 0 Å². The molecule has 1 atom stereocenters. The summed E-state index contributed by atoms with van der Waals surface area (Å²) in [5.41, 5.74) is 0.453. The van der Waals surface area contributed by atoms with Crippen molar-refractivity contribution >= 4 is 11.8 Å². The van der Waals surface area contributed by atoms with Crippen LogP contribution in [-0.4, -0.2) is 49.0 Å². The van der Waals surface area contributed by atoms with Gasteiger partial charge in [-0.3, -0.25) is 14.5 Å². The highest BCUT2D eigenvalue weighted by molar-refractivity contribution is 6.01. The third-order valence-corrected chi connectivity index (χ3v) is 2.65. The van der Waals surface area contributed by atoms with E-state index in [1.165, 1.54) is 7.11 Å². The van der Waals surface area contributed by atoms with E-state index in [9.17, 15) is 9.59 Å². The highest BCUT2D eigenvalue weighted by Crippen LogP contribution is 2.16. The molecule has 0 fully saturated rings. The van der Waals surface area contributed by atoms with Gasteiger partial charge in [-0.2, -0.15) is 0 Å². The molecule has 0 aliphatic carbocycles. The molecule has 0 saturated carbocycles. The first kappa shape index (κ1) is 14.2. The van der Waals surface area contributed by atoms with Crippen molar-refractivity contribution in [2.75, 3.05) is 21.2 Å². The number of Topliss-reactive ketones (excluding diaryl/α,β-unsaturated/α-hetero) is 1. The van der Waals surface area contributed by atoms with Crippen molar-refractivity contribution in [1.29, 1.82) is 0 Å². The van der Waals surface area contributed by atoms with Gasteiger partial charge < -0.3 is 9.84 Å². The SMILES string of the molecule is COc1cccc(C(=O)C(CC(=O)O)N(C)C)c1. The summed E-state index contributed by atoms with van der Waals surface area (Å²) in [6.45, 7) is 0. The van der Waals surface area contributed by atoms with Gasteiger partial charge in [-0.25, -0.2) is 0 Å². The number of carbonyl (C=O) groups is 2. The first-order chi connectivity index (χ1) is 8.45. The maximum atomic E-state index is 12.2. The van der Waals surface area contributed by atoms with E-state index in [-0.39, 0.29) is 12.2 Å². The molecular weight excluding hydrogens is 234 g/mol. The lowest BCUT2D eigenvalue weighted by Crippen LogP contribution is -2.37. The molecule has 0 aliphatic rings. The summed E-state index contributed by atoms with van der Waals surface area (Å²) in [4.78, 5) is 24.6. The summed E-state index contributed by atoms with van der Waals surface area (Å²) >= 11 is 0. The second kappa shape index (κ2) is 6.16. The molecule has 0 amide bonds. The molecule has 0 aromatic heterocycles. The molecule has 0 radical (unpaired) electrons. The zero-order valence-corrected chi connectivity index (χ0v) is 10.7. The highest BCUT2D eigenvalue weighted by atomic mass is 16.5. The second-order valence-corrected chi connectivity index (χ2v) is 4.17. The van der Waals surface area contributed by atoms with Gasteiger partial charge in [0.2, 0.25) is 0 Å². The molecule has 0 heterocycles. The van der Waals surface area contributed by atoms with Crippen molar-refractivity contribution < 1.29 is 19.4 Å². The minimum Gasteiger partial charge on any atom is -0.497 e. The van der Waals surface area contributed by atoms with E-state index in [0.717, 1.165) is 0 Å². The predicted molar refractivity (Wildman–Crippen MR) is 67.1 cm³/mol. The summed E-state index contributed by atoms with van der Waals surface area (Å²) in [5.74, 6) is -0.639. The molecule has 0 aliphatic heterocycles. The molecule has 0 spiro atoms. The summed E-state index contributed by atoms with van der Waals surface area (Å²) in [5, 5.41) is 8.83. The van der Waals surface area contributed by atoms with Crippen LogP contribution < -0.4 is 4.74 Å². The fourth-order valence-electron chi connectivity index (χ4n) is 1.64. The number of benzene rings is 1. The molecule has 5 heteroatoms. The molecule has 0 bridgehead atoms. The fraction of sp³-hybridized carbons (Fsp3) is 0.385. The normalized spacial score (nSPS) is 12.2. The fourth-order valence-corrected chi connectivity index (χ4v) is 1.64. The number of methoxy groups -OCH3 is 1. The molecular formula is C13H17NO4. The lowest BCUT2D eigenvalue weighted by atomic mass is 10.0. The van der Waals surface area contributed by atoms with Crippen molar-refractivity contribution in [3.63, 3.8) is 0 Å². The van der Waals surface area contributed by atoms with Crippen LogP contribution in [0.25, 0.3) is 0 Å². The molecule has 0 saturated heterocycles. The highest BCUT2D eigenvalue weighted by Gasteiger charge is 2.25. The van der Waals surface area contributed by atoms with E-state index in [0.29, 0.717) is 11.3 Å². The lowest BCUT2D eigenvalue weighted by Gasteiger charge is -2.21. The third kappa shape index (κ3) is 3.56. The first-order valence-electron chi connectivity index (χ1n) is 5.52. The zero-order valence-electron chi connectivity index (χ0n) is 10.7. The van der Waals surface area contributed by atoms with Crippen LogP contribution in [0.3, 0.4) is 0 Å². The number of ether oxygens (including phenoxy) is 1. The topological polar surface area (TPSA) is 66.8 Å². The standard InChI is InChI=1S/C13H17NO4/c1-14(2)11(8-12(15)16)13(17)9-5-4-6-10(7-9)18-3/h4-7,11H,8H2,1-3H3,(H,15,16). The average molecular weight is 251 g/mol. The number of aliphatic carboxylic acids is 1. The van der Waals surface area contributed by atoms with Crippen molar-refractivity contribution in [1.82, 2.24) is 4.90 Å². The molecule has 98 valence electrons. The van der Waals surface area contributed by atoms with E-state index in [2.05, 4.69) is 0 Å². The van der Waals surface area contributed by atoms with Gasteiger partial charge in [0.15, 0.2) is 5.78 Å². The Hall–Kier alpha value is -1.88.